The average Bonchev–Trinajstić information content (AvgIpc) is 2.41. The van der Waals surface area contributed by atoms with Crippen molar-refractivity contribution < 1.29 is 0 Å². The fourth-order valence-corrected chi connectivity index (χ4v) is 2.86. The normalized spacial score (nSPS) is 18.7. The summed E-state index contributed by atoms with van der Waals surface area (Å²) in [7, 11) is 2.00. The summed E-state index contributed by atoms with van der Waals surface area (Å²) in [5.74, 6) is 0. The maximum Gasteiger partial charge on any atom is 0.0574 e. The standard InChI is InChI=1S/C16H27N3/c1-3-15(17-2)16-10-9-14(13-18-16)19-11-7-5-4-6-8-12-19/h9-10,13,15,17H,3-8,11-12H2,1-2H3. The van der Waals surface area contributed by atoms with Crippen LogP contribution in [0, 0.1) is 0 Å². The second-order valence-electron chi connectivity index (χ2n) is 5.45. The topological polar surface area (TPSA) is 28.2 Å². The molecule has 19 heavy (non-hydrogen) atoms. The largest absolute Gasteiger partial charge is 0.370 e. The van der Waals surface area contributed by atoms with Crippen LogP contribution in [0.4, 0.5) is 5.69 Å². The minimum absolute atomic E-state index is 0.376. The number of anilines is 1. The van der Waals surface area contributed by atoms with Gasteiger partial charge in [-0.3, -0.25) is 4.98 Å². The molecular formula is C16H27N3. The van der Waals surface area contributed by atoms with E-state index in [1.54, 1.807) is 0 Å². The molecule has 2 rings (SSSR count). The first-order valence-electron chi connectivity index (χ1n) is 7.73. The SMILES string of the molecule is CCC(NC)c1ccc(N2CCCCCCC2)cn1. The van der Waals surface area contributed by atoms with Crippen molar-refractivity contribution in [2.24, 2.45) is 0 Å². The first-order valence-corrected chi connectivity index (χ1v) is 7.73. The van der Waals surface area contributed by atoms with E-state index in [9.17, 15) is 0 Å². The highest BCUT2D eigenvalue weighted by molar-refractivity contribution is 5.44. The third-order valence-electron chi connectivity index (χ3n) is 4.11. The molecule has 1 N–H and O–H groups in total. The smallest absolute Gasteiger partial charge is 0.0574 e. The van der Waals surface area contributed by atoms with Gasteiger partial charge in [-0.1, -0.05) is 26.2 Å². The highest BCUT2D eigenvalue weighted by atomic mass is 15.1. The van der Waals surface area contributed by atoms with Crippen LogP contribution >= 0.6 is 0 Å². The Kier molecular flexibility index (Phi) is 5.64. The van der Waals surface area contributed by atoms with Crippen molar-refractivity contribution in [2.45, 2.75) is 51.5 Å². The lowest BCUT2D eigenvalue weighted by Crippen LogP contribution is -2.27. The van der Waals surface area contributed by atoms with Gasteiger partial charge in [0.15, 0.2) is 0 Å². The van der Waals surface area contributed by atoms with E-state index in [0.717, 1.165) is 12.1 Å². The molecule has 1 aromatic rings. The number of nitrogens with zero attached hydrogens (tertiary/aromatic N) is 2. The van der Waals surface area contributed by atoms with Crippen LogP contribution in [0.15, 0.2) is 18.3 Å². The molecule has 0 aliphatic carbocycles. The van der Waals surface area contributed by atoms with E-state index in [4.69, 9.17) is 0 Å². The Morgan fingerprint density at radius 3 is 2.37 bits per heavy atom. The van der Waals surface area contributed by atoms with Crippen LogP contribution < -0.4 is 10.2 Å². The number of hydrogen-bond donors (Lipinski definition) is 1. The van der Waals surface area contributed by atoms with Gasteiger partial charge in [-0.2, -0.15) is 0 Å². The second kappa shape index (κ2) is 7.49. The van der Waals surface area contributed by atoms with Gasteiger partial charge in [0.05, 0.1) is 17.6 Å². The summed E-state index contributed by atoms with van der Waals surface area (Å²) < 4.78 is 0. The summed E-state index contributed by atoms with van der Waals surface area (Å²) in [6.07, 6.45) is 9.92. The predicted molar refractivity (Wildman–Crippen MR) is 81.6 cm³/mol. The van der Waals surface area contributed by atoms with E-state index < -0.39 is 0 Å². The Labute approximate surface area is 117 Å². The average molecular weight is 261 g/mol. The monoisotopic (exact) mass is 261 g/mol. The lowest BCUT2D eigenvalue weighted by atomic mass is 10.1. The van der Waals surface area contributed by atoms with E-state index in [1.165, 1.54) is 50.9 Å². The van der Waals surface area contributed by atoms with Crippen molar-refractivity contribution >= 4 is 5.69 Å². The second-order valence-corrected chi connectivity index (χ2v) is 5.45. The summed E-state index contributed by atoms with van der Waals surface area (Å²) in [6, 6.07) is 4.80. The Balaban J connectivity index is 2.03. The Morgan fingerprint density at radius 2 is 1.84 bits per heavy atom. The van der Waals surface area contributed by atoms with E-state index in [1.807, 2.05) is 7.05 Å². The molecule has 0 radical (unpaired) electrons. The van der Waals surface area contributed by atoms with E-state index in [-0.39, 0.29) is 0 Å². The lowest BCUT2D eigenvalue weighted by Gasteiger charge is -2.27. The summed E-state index contributed by atoms with van der Waals surface area (Å²) in [6.45, 7) is 4.56. The van der Waals surface area contributed by atoms with Gasteiger partial charge in [-0.25, -0.2) is 0 Å². The minimum atomic E-state index is 0.376. The molecule has 1 saturated heterocycles. The molecule has 1 unspecified atom stereocenters. The number of nitrogens with one attached hydrogen (secondary N) is 1. The summed E-state index contributed by atoms with van der Waals surface area (Å²) in [5.41, 5.74) is 2.44. The molecule has 1 aliphatic rings. The third-order valence-corrected chi connectivity index (χ3v) is 4.11. The molecule has 1 atom stereocenters. The first-order chi connectivity index (χ1) is 9.35. The Morgan fingerprint density at radius 1 is 1.16 bits per heavy atom. The Hall–Kier alpha value is -1.09. The van der Waals surface area contributed by atoms with E-state index in [2.05, 4.69) is 40.5 Å². The van der Waals surface area contributed by atoms with Crippen molar-refractivity contribution in [1.29, 1.82) is 0 Å². The zero-order chi connectivity index (χ0) is 13.5. The minimum Gasteiger partial charge on any atom is -0.370 e. The van der Waals surface area contributed by atoms with Gasteiger partial charge in [-0.05, 0) is 38.4 Å². The van der Waals surface area contributed by atoms with Crippen LogP contribution in [0.3, 0.4) is 0 Å². The van der Waals surface area contributed by atoms with Gasteiger partial charge in [0.1, 0.15) is 0 Å². The molecular weight excluding hydrogens is 234 g/mol. The van der Waals surface area contributed by atoms with Crippen LogP contribution in [0.5, 0.6) is 0 Å². The zero-order valence-electron chi connectivity index (χ0n) is 12.4. The summed E-state index contributed by atoms with van der Waals surface area (Å²) >= 11 is 0. The number of rotatable bonds is 4. The van der Waals surface area contributed by atoms with Crippen LogP contribution in [0.2, 0.25) is 0 Å². The van der Waals surface area contributed by atoms with E-state index >= 15 is 0 Å². The molecule has 0 spiro atoms. The molecule has 106 valence electrons. The molecule has 1 aliphatic heterocycles. The van der Waals surface area contributed by atoms with Gasteiger partial charge in [-0.15, -0.1) is 0 Å². The van der Waals surface area contributed by atoms with Crippen LogP contribution in [-0.4, -0.2) is 25.1 Å². The Bertz CT molecular complexity index is 349. The number of hydrogen-bond acceptors (Lipinski definition) is 3. The zero-order valence-corrected chi connectivity index (χ0v) is 12.4. The summed E-state index contributed by atoms with van der Waals surface area (Å²) in [4.78, 5) is 7.14. The molecule has 3 heteroatoms. The van der Waals surface area contributed by atoms with Gasteiger partial charge in [0.25, 0.3) is 0 Å². The quantitative estimate of drug-likeness (QED) is 0.899. The number of pyridine rings is 1. The molecule has 0 saturated carbocycles. The predicted octanol–water partition coefficient (Wildman–Crippen LogP) is 3.52. The molecule has 0 amide bonds. The molecule has 0 bridgehead atoms. The lowest BCUT2D eigenvalue weighted by molar-refractivity contribution is 0.552. The highest BCUT2D eigenvalue weighted by Gasteiger charge is 2.11. The van der Waals surface area contributed by atoms with Gasteiger partial charge in [0.2, 0.25) is 0 Å². The van der Waals surface area contributed by atoms with Crippen LogP contribution in [0.25, 0.3) is 0 Å². The number of aromatic nitrogens is 1. The summed E-state index contributed by atoms with van der Waals surface area (Å²) in [5, 5.41) is 3.31. The first kappa shape index (κ1) is 14.3. The fraction of sp³-hybridized carbons (Fsp3) is 0.688. The molecule has 2 heterocycles. The van der Waals surface area contributed by atoms with Crippen molar-refractivity contribution in [3.8, 4) is 0 Å². The van der Waals surface area contributed by atoms with E-state index in [0.29, 0.717) is 6.04 Å². The fourth-order valence-electron chi connectivity index (χ4n) is 2.86. The maximum absolute atomic E-state index is 4.65. The van der Waals surface area contributed by atoms with Crippen molar-refractivity contribution in [3.05, 3.63) is 24.0 Å². The third kappa shape index (κ3) is 3.93. The molecule has 1 fully saturated rings. The van der Waals surface area contributed by atoms with Crippen LogP contribution in [0.1, 0.15) is 57.2 Å². The molecule has 0 aromatic carbocycles. The maximum atomic E-state index is 4.65. The molecule has 3 nitrogen and oxygen atoms in total. The van der Waals surface area contributed by atoms with Crippen molar-refractivity contribution in [1.82, 2.24) is 10.3 Å². The highest BCUT2D eigenvalue weighted by Crippen LogP contribution is 2.21. The molecule has 1 aromatic heterocycles. The van der Waals surface area contributed by atoms with Crippen LogP contribution in [-0.2, 0) is 0 Å². The van der Waals surface area contributed by atoms with Gasteiger partial charge >= 0.3 is 0 Å². The van der Waals surface area contributed by atoms with Gasteiger partial charge < -0.3 is 10.2 Å². The van der Waals surface area contributed by atoms with Crippen molar-refractivity contribution in [2.75, 3.05) is 25.0 Å². The van der Waals surface area contributed by atoms with Gasteiger partial charge in [0, 0.05) is 19.1 Å². The van der Waals surface area contributed by atoms with Crippen molar-refractivity contribution in [3.63, 3.8) is 0 Å².